The van der Waals surface area contributed by atoms with Gasteiger partial charge in [-0.3, -0.25) is 10.3 Å². The summed E-state index contributed by atoms with van der Waals surface area (Å²) in [5, 5.41) is 4.34. The fourth-order valence-electron chi connectivity index (χ4n) is 3.59. The van der Waals surface area contributed by atoms with Gasteiger partial charge in [-0.15, -0.1) is 0 Å². The van der Waals surface area contributed by atoms with Gasteiger partial charge in [0.15, 0.2) is 9.84 Å². The second-order valence-electron chi connectivity index (χ2n) is 7.11. The summed E-state index contributed by atoms with van der Waals surface area (Å²) < 4.78 is 28.7. The highest BCUT2D eigenvalue weighted by Gasteiger charge is 2.28. The number of hydrogen-bond acceptors (Lipinski definition) is 6. The van der Waals surface area contributed by atoms with Gasteiger partial charge in [0.1, 0.15) is 6.17 Å². The number of ether oxygens (including phenoxy) is 1. The second-order valence-corrected chi connectivity index (χ2v) is 10.5. The fraction of sp³-hybridized carbons (Fsp3) is 0.632. The number of aliphatic imine (C=N–C) groups is 1. The lowest BCUT2D eigenvalue weighted by Gasteiger charge is -2.30. The van der Waals surface area contributed by atoms with Crippen molar-refractivity contribution >= 4 is 27.3 Å². The number of thioether (sulfide) groups is 1. The zero-order valence-corrected chi connectivity index (χ0v) is 17.1. The van der Waals surface area contributed by atoms with Gasteiger partial charge in [0.2, 0.25) is 0 Å². The summed E-state index contributed by atoms with van der Waals surface area (Å²) in [6.07, 6.45) is 5.80. The first-order chi connectivity index (χ1) is 12.5. The number of rotatable bonds is 7. The molecule has 0 radical (unpaired) electrons. The van der Waals surface area contributed by atoms with Crippen molar-refractivity contribution < 1.29 is 13.2 Å². The fourth-order valence-corrected chi connectivity index (χ4v) is 5.43. The lowest BCUT2D eigenvalue weighted by atomic mass is 9.92. The maximum atomic E-state index is 11.6. The molecule has 0 aromatic heterocycles. The summed E-state index contributed by atoms with van der Waals surface area (Å²) in [5.74, 6) is 1.64. The predicted octanol–water partition coefficient (Wildman–Crippen LogP) is 2.75. The molecule has 0 spiro atoms. The van der Waals surface area contributed by atoms with E-state index in [9.17, 15) is 8.42 Å². The van der Waals surface area contributed by atoms with Crippen molar-refractivity contribution in [3.05, 3.63) is 29.8 Å². The molecule has 1 N–H and O–H groups in total. The molecule has 5 nitrogen and oxygen atoms in total. The van der Waals surface area contributed by atoms with Gasteiger partial charge in [-0.25, -0.2) is 8.42 Å². The Morgan fingerprint density at radius 3 is 2.65 bits per heavy atom. The van der Waals surface area contributed by atoms with E-state index < -0.39 is 9.84 Å². The first-order valence-electron chi connectivity index (χ1n) is 9.18. The summed E-state index contributed by atoms with van der Waals surface area (Å²) >= 11 is 2.05. The largest absolute Gasteiger partial charge is 0.384 e. The van der Waals surface area contributed by atoms with E-state index in [0.29, 0.717) is 22.7 Å². The van der Waals surface area contributed by atoms with Gasteiger partial charge in [-0.1, -0.05) is 12.1 Å². The van der Waals surface area contributed by atoms with E-state index in [0.717, 1.165) is 30.7 Å². The molecule has 0 saturated carbocycles. The van der Waals surface area contributed by atoms with Crippen LogP contribution in [-0.4, -0.2) is 57.8 Å². The Morgan fingerprint density at radius 1 is 1.27 bits per heavy atom. The van der Waals surface area contributed by atoms with Crippen molar-refractivity contribution in [1.29, 1.82) is 0 Å². The summed E-state index contributed by atoms with van der Waals surface area (Å²) in [4.78, 5) is 5.32. The third kappa shape index (κ3) is 5.09. The molecule has 2 aliphatic rings. The van der Waals surface area contributed by atoms with E-state index in [1.165, 1.54) is 24.9 Å². The van der Waals surface area contributed by atoms with Crippen LogP contribution in [0.2, 0.25) is 0 Å². The highest BCUT2D eigenvalue weighted by atomic mass is 32.2. The van der Waals surface area contributed by atoms with Crippen LogP contribution in [0.1, 0.15) is 31.2 Å². The maximum absolute atomic E-state index is 11.6. The van der Waals surface area contributed by atoms with Crippen LogP contribution >= 0.6 is 11.8 Å². The molecule has 3 unspecified atom stereocenters. The molecule has 2 heterocycles. The molecule has 1 aromatic rings. The molecule has 144 valence electrons. The Labute approximate surface area is 160 Å². The van der Waals surface area contributed by atoms with Crippen LogP contribution in [0.15, 0.2) is 34.2 Å². The van der Waals surface area contributed by atoms with E-state index >= 15 is 0 Å². The molecule has 3 rings (SSSR count). The lowest BCUT2D eigenvalue weighted by molar-refractivity contribution is 0.125. The standard InChI is InChI=1S/C19H28N2O3S2/c1-24-13-15-7-10-18(14-5-8-17(9-6-14)26(2,22)23)21-19(15)20-12-16-4-3-11-25-16/h5-6,8-9,15-16,19-20H,3-4,7,10-13H2,1-2H3. The first-order valence-corrected chi connectivity index (χ1v) is 12.1. The Bertz CT molecular complexity index is 726. The van der Waals surface area contributed by atoms with Crippen molar-refractivity contribution in [1.82, 2.24) is 5.32 Å². The third-order valence-electron chi connectivity index (χ3n) is 5.07. The van der Waals surface area contributed by atoms with Crippen LogP contribution in [0.5, 0.6) is 0 Å². The van der Waals surface area contributed by atoms with Gasteiger partial charge >= 0.3 is 0 Å². The molecule has 2 aliphatic heterocycles. The number of methoxy groups -OCH3 is 1. The van der Waals surface area contributed by atoms with Crippen molar-refractivity contribution in [3.63, 3.8) is 0 Å². The van der Waals surface area contributed by atoms with E-state index in [2.05, 4.69) is 5.32 Å². The van der Waals surface area contributed by atoms with Gasteiger partial charge in [0.05, 0.1) is 11.5 Å². The smallest absolute Gasteiger partial charge is 0.175 e. The molecule has 26 heavy (non-hydrogen) atoms. The molecule has 0 bridgehead atoms. The minimum absolute atomic E-state index is 0.0643. The van der Waals surface area contributed by atoms with Crippen molar-refractivity contribution in [3.8, 4) is 0 Å². The summed E-state index contributed by atoms with van der Waals surface area (Å²) in [5.41, 5.74) is 2.06. The molecular weight excluding hydrogens is 368 g/mol. The van der Waals surface area contributed by atoms with Crippen LogP contribution in [0.3, 0.4) is 0 Å². The zero-order chi connectivity index (χ0) is 18.6. The van der Waals surface area contributed by atoms with Crippen molar-refractivity contribution in [2.45, 2.75) is 42.0 Å². The molecule has 1 aromatic carbocycles. The molecule has 1 fully saturated rings. The Hall–Kier alpha value is -0.890. The minimum Gasteiger partial charge on any atom is -0.384 e. The summed E-state index contributed by atoms with van der Waals surface area (Å²) in [7, 11) is -1.42. The SMILES string of the molecule is COCC1CCC(c2ccc(S(C)(=O)=O)cc2)=NC1NCC1CCCS1. The number of benzene rings is 1. The summed E-state index contributed by atoms with van der Waals surface area (Å²) in [6.45, 7) is 1.69. The number of nitrogens with one attached hydrogen (secondary N) is 1. The van der Waals surface area contributed by atoms with Crippen LogP contribution in [-0.2, 0) is 14.6 Å². The molecular formula is C19H28N2O3S2. The van der Waals surface area contributed by atoms with Gasteiger partial charge in [-0.2, -0.15) is 11.8 Å². The maximum Gasteiger partial charge on any atom is 0.175 e. The normalized spacial score (nSPS) is 26.7. The first kappa shape index (κ1) is 19.9. The molecule has 7 heteroatoms. The van der Waals surface area contributed by atoms with Crippen LogP contribution in [0.4, 0.5) is 0 Å². The van der Waals surface area contributed by atoms with Crippen molar-refractivity contribution in [2.24, 2.45) is 10.9 Å². The number of hydrogen-bond donors (Lipinski definition) is 1. The second kappa shape index (κ2) is 8.87. The topological polar surface area (TPSA) is 67.8 Å². The molecule has 3 atom stereocenters. The monoisotopic (exact) mass is 396 g/mol. The Kier molecular flexibility index (Phi) is 6.77. The van der Waals surface area contributed by atoms with E-state index in [4.69, 9.17) is 9.73 Å². The number of sulfone groups is 1. The van der Waals surface area contributed by atoms with E-state index in [1.54, 1.807) is 19.2 Å². The Morgan fingerprint density at radius 2 is 2.04 bits per heavy atom. The van der Waals surface area contributed by atoms with Gasteiger partial charge in [0.25, 0.3) is 0 Å². The van der Waals surface area contributed by atoms with Gasteiger partial charge < -0.3 is 4.74 Å². The number of nitrogens with zero attached hydrogens (tertiary/aromatic N) is 1. The average Bonchev–Trinajstić information content (AvgIpc) is 3.14. The predicted molar refractivity (Wildman–Crippen MR) is 108 cm³/mol. The van der Waals surface area contributed by atoms with Gasteiger partial charge in [0, 0.05) is 36.8 Å². The average molecular weight is 397 g/mol. The quantitative estimate of drug-likeness (QED) is 0.768. The molecule has 0 amide bonds. The highest BCUT2D eigenvalue weighted by molar-refractivity contribution is 8.00. The third-order valence-corrected chi connectivity index (χ3v) is 7.60. The van der Waals surface area contributed by atoms with Crippen LogP contribution in [0.25, 0.3) is 0 Å². The molecule has 1 saturated heterocycles. The van der Waals surface area contributed by atoms with Gasteiger partial charge in [-0.05, 0) is 49.1 Å². The summed E-state index contributed by atoms with van der Waals surface area (Å²) in [6, 6.07) is 7.09. The van der Waals surface area contributed by atoms with E-state index in [-0.39, 0.29) is 6.17 Å². The van der Waals surface area contributed by atoms with Crippen molar-refractivity contribution in [2.75, 3.05) is 32.3 Å². The zero-order valence-electron chi connectivity index (χ0n) is 15.5. The minimum atomic E-state index is -3.17. The Balaban J connectivity index is 1.74. The lowest BCUT2D eigenvalue weighted by Crippen LogP contribution is -2.42. The van der Waals surface area contributed by atoms with E-state index in [1.807, 2.05) is 23.9 Å². The molecule has 0 aliphatic carbocycles. The van der Waals surface area contributed by atoms with Crippen LogP contribution in [0, 0.1) is 5.92 Å². The van der Waals surface area contributed by atoms with Crippen LogP contribution < -0.4 is 5.32 Å². The highest BCUT2D eigenvalue weighted by Crippen LogP contribution is 2.27.